The van der Waals surface area contributed by atoms with Gasteiger partial charge in [0.15, 0.2) is 0 Å². The molecule has 2 N–H and O–H groups in total. The number of carboxylic acid groups (broad SMARTS) is 1. The van der Waals surface area contributed by atoms with Gasteiger partial charge in [-0.3, -0.25) is 4.79 Å². The molecule has 4 nitrogen and oxygen atoms in total. The molecule has 0 saturated heterocycles. The first-order valence-electron chi connectivity index (χ1n) is 6.85. The minimum atomic E-state index is -0.802. The van der Waals surface area contributed by atoms with Gasteiger partial charge < -0.3 is 15.2 Å². The maximum absolute atomic E-state index is 10.7. The molecule has 2 rings (SSSR count). The Bertz CT molecular complexity index is 566. The number of rotatable bonds is 7. The summed E-state index contributed by atoms with van der Waals surface area (Å²) in [6, 6.07) is 17.7. The Morgan fingerprint density at radius 3 is 2.29 bits per heavy atom. The van der Waals surface area contributed by atoms with Crippen LogP contribution in [0.15, 0.2) is 54.6 Å². The molecule has 0 spiro atoms. The summed E-state index contributed by atoms with van der Waals surface area (Å²) in [5, 5.41) is 12.1. The van der Waals surface area contributed by atoms with E-state index in [9.17, 15) is 4.79 Å². The van der Waals surface area contributed by atoms with Crippen LogP contribution in [-0.2, 0) is 4.79 Å². The fraction of sp³-hybridized carbons (Fsp3) is 0.235. The normalized spacial score (nSPS) is 11.9. The Morgan fingerprint density at radius 1 is 1.10 bits per heavy atom. The van der Waals surface area contributed by atoms with Crippen molar-refractivity contribution in [1.29, 1.82) is 0 Å². The summed E-state index contributed by atoms with van der Waals surface area (Å²) in [5.74, 6) is 0.000130. The molecule has 4 heteroatoms. The lowest BCUT2D eigenvalue weighted by atomic mass is 9.98. The standard InChI is InChI=1S/C17H19NO3/c1-21-15-9-7-14(8-10-15)17(18-12-11-16(19)20)13-5-3-2-4-6-13/h2-10,17-18H,11-12H2,1H3,(H,19,20). The molecule has 0 radical (unpaired) electrons. The van der Waals surface area contributed by atoms with Crippen molar-refractivity contribution in [2.75, 3.05) is 13.7 Å². The minimum absolute atomic E-state index is 0.0311. The van der Waals surface area contributed by atoms with Gasteiger partial charge in [0, 0.05) is 6.54 Å². The molecule has 0 aliphatic carbocycles. The summed E-state index contributed by atoms with van der Waals surface area (Å²) in [6.45, 7) is 0.418. The molecule has 0 fully saturated rings. The Balaban J connectivity index is 2.19. The molecule has 1 unspecified atom stereocenters. The van der Waals surface area contributed by atoms with E-state index < -0.39 is 5.97 Å². The van der Waals surface area contributed by atoms with Crippen LogP contribution in [0, 0.1) is 0 Å². The summed E-state index contributed by atoms with van der Waals surface area (Å²) in [5.41, 5.74) is 2.18. The van der Waals surface area contributed by atoms with Crippen LogP contribution in [0.25, 0.3) is 0 Å². The highest BCUT2D eigenvalue weighted by atomic mass is 16.5. The molecule has 2 aromatic carbocycles. The molecule has 2 aromatic rings. The van der Waals surface area contributed by atoms with E-state index in [2.05, 4.69) is 5.32 Å². The van der Waals surface area contributed by atoms with E-state index in [-0.39, 0.29) is 12.5 Å². The van der Waals surface area contributed by atoms with Gasteiger partial charge in [-0.05, 0) is 23.3 Å². The maximum Gasteiger partial charge on any atom is 0.304 e. The van der Waals surface area contributed by atoms with Crippen LogP contribution >= 0.6 is 0 Å². The van der Waals surface area contributed by atoms with Crippen LogP contribution in [-0.4, -0.2) is 24.7 Å². The Morgan fingerprint density at radius 2 is 1.71 bits per heavy atom. The van der Waals surface area contributed by atoms with Crippen molar-refractivity contribution in [3.63, 3.8) is 0 Å². The lowest BCUT2D eigenvalue weighted by Crippen LogP contribution is -2.25. The average Bonchev–Trinajstić information content (AvgIpc) is 2.52. The largest absolute Gasteiger partial charge is 0.497 e. The Kier molecular flexibility index (Phi) is 5.35. The second kappa shape index (κ2) is 7.45. The van der Waals surface area contributed by atoms with Crippen molar-refractivity contribution in [3.05, 3.63) is 65.7 Å². The zero-order chi connectivity index (χ0) is 15.1. The summed E-state index contributed by atoms with van der Waals surface area (Å²) >= 11 is 0. The first kappa shape index (κ1) is 15.1. The molecule has 0 aliphatic heterocycles. The summed E-state index contributed by atoms with van der Waals surface area (Å²) < 4.78 is 5.17. The van der Waals surface area contributed by atoms with Crippen LogP contribution in [0.3, 0.4) is 0 Å². The third kappa shape index (κ3) is 4.33. The lowest BCUT2D eigenvalue weighted by molar-refractivity contribution is -0.136. The van der Waals surface area contributed by atoms with Crippen molar-refractivity contribution in [3.8, 4) is 5.75 Å². The third-order valence-corrected chi connectivity index (χ3v) is 3.27. The van der Waals surface area contributed by atoms with Gasteiger partial charge in [-0.25, -0.2) is 0 Å². The zero-order valence-corrected chi connectivity index (χ0v) is 12.0. The molecule has 0 bridgehead atoms. The van der Waals surface area contributed by atoms with E-state index in [0.717, 1.165) is 16.9 Å². The summed E-state index contributed by atoms with van der Waals surface area (Å²) in [6.07, 6.45) is 0.0967. The number of hydrogen-bond acceptors (Lipinski definition) is 3. The molecule has 0 heterocycles. The number of benzene rings is 2. The second-order valence-electron chi connectivity index (χ2n) is 4.71. The van der Waals surface area contributed by atoms with Crippen molar-refractivity contribution in [2.24, 2.45) is 0 Å². The number of carbonyl (C=O) groups is 1. The van der Waals surface area contributed by atoms with Gasteiger partial charge in [0.05, 0.1) is 19.6 Å². The van der Waals surface area contributed by atoms with E-state index in [0.29, 0.717) is 6.54 Å². The van der Waals surface area contributed by atoms with E-state index in [4.69, 9.17) is 9.84 Å². The van der Waals surface area contributed by atoms with Gasteiger partial charge in [-0.15, -0.1) is 0 Å². The number of aliphatic carboxylic acids is 1. The van der Waals surface area contributed by atoms with E-state index in [1.165, 1.54) is 0 Å². The average molecular weight is 285 g/mol. The molecule has 21 heavy (non-hydrogen) atoms. The molecule has 0 amide bonds. The van der Waals surface area contributed by atoms with Crippen molar-refractivity contribution in [2.45, 2.75) is 12.5 Å². The maximum atomic E-state index is 10.7. The molecule has 1 atom stereocenters. The van der Waals surface area contributed by atoms with E-state index in [1.807, 2.05) is 54.6 Å². The first-order chi connectivity index (χ1) is 10.2. The number of hydrogen-bond donors (Lipinski definition) is 2. The van der Waals surface area contributed by atoms with Crippen molar-refractivity contribution < 1.29 is 14.6 Å². The predicted molar refractivity (Wildman–Crippen MR) is 81.5 cm³/mol. The predicted octanol–water partition coefficient (Wildman–Crippen LogP) is 2.85. The summed E-state index contributed by atoms with van der Waals surface area (Å²) in [7, 11) is 1.63. The van der Waals surface area contributed by atoms with Crippen molar-refractivity contribution in [1.82, 2.24) is 5.32 Å². The van der Waals surface area contributed by atoms with E-state index >= 15 is 0 Å². The smallest absolute Gasteiger partial charge is 0.304 e. The van der Waals surface area contributed by atoms with Crippen LogP contribution in [0.4, 0.5) is 0 Å². The number of nitrogens with one attached hydrogen (secondary N) is 1. The molecule has 0 saturated carbocycles. The van der Waals surface area contributed by atoms with Gasteiger partial charge in [0.2, 0.25) is 0 Å². The minimum Gasteiger partial charge on any atom is -0.497 e. The lowest BCUT2D eigenvalue weighted by Gasteiger charge is -2.19. The Labute approximate surface area is 124 Å². The Hall–Kier alpha value is -2.33. The molecule has 0 aliphatic rings. The number of ether oxygens (including phenoxy) is 1. The zero-order valence-electron chi connectivity index (χ0n) is 12.0. The van der Waals surface area contributed by atoms with Crippen LogP contribution < -0.4 is 10.1 Å². The number of methoxy groups -OCH3 is 1. The quantitative estimate of drug-likeness (QED) is 0.821. The van der Waals surface area contributed by atoms with E-state index in [1.54, 1.807) is 7.11 Å². The van der Waals surface area contributed by atoms with Crippen LogP contribution in [0.2, 0.25) is 0 Å². The van der Waals surface area contributed by atoms with Gasteiger partial charge in [-0.1, -0.05) is 42.5 Å². The fourth-order valence-corrected chi connectivity index (χ4v) is 2.19. The molecule has 110 valence electrons. The molecule has 0 aromatic heterocycles. The third-order valence-electron chi connectivity index (χ3n) is 3.27. The fourth-order valence-electron chi connectivity index (χ4n) is 2.19. The monoisotopic (exact) mass is 285 g/mol. The highest BCUT2D eigenvalue weighted by Crippen LogP contribution is 2.24. The topological polar surface area (TPSA) is 58.6 Å². The SMILES string of the molecule is COc1ccc(C(NCCC(=O)O)c2ccccc2)cc1. The van der Waals surface area contributed by atoms with Gasteiger partial charge in [-0.2, -0.15) is 0 Å². The molecular weight excluding hydrogens is 266 g/mol. The van der Waals surface area contributed by atoms with Gasteiger partial charge in [0.25, 0.3) is 0 Å². The van der Waals surface area contributed by atoms with Crippen molar-refractivity contribution >= 4 is 5.97 Å². The molecular formula is C17H19NO3. The summed E-state index contributed by atoms with van der Waals surface area (Å²) in [4.78, 5) is 10.7. The van der Waals surface area contributed by atoms with Gasteiger partial charge >= 0.3 is 5.97 Å². The second-order valence-corrected chi connectivity index (χ2v) is 4.71. The van der Waals surface area contributed by atoms with Crippen LogP contribution in [0.5, 0.6) is 5.75 Å². The highest BCUT2D eigenvalue weighted by molar-refractivity contribution is 5.66. The van der Waals surface area contributed by atoms with Gasteiger partial charge in [0.1, 0.15) is 5.75 Å². The first-order valence-corrected chi connectivity index (χ1v) is 6.85. The van der Waals surface area contributed by atoms with Crippen LogP contribution in [0.1, 0.15) is 23.6 Å². The number of carboxylic acids is 1. The highest BCUT2D eigenvalue weighted by Gasteiger charge is 2.13.